The molecule has 0 spiro atoms. The molecule has 29 heavy (non-hydrogen) atoms. The quantitative estimate of drug-likeness (QED) is 0.180. The van der Waals surface area contributed by atoms with E-state index in [0.717, 1.165) is 16.7 Å². The summed E-state index contributed by atoms with van der Waals surface area (Å²) >= 11 is 0. The van der Waals surface area contributed by atoms with Crippen LogP contribution in [0.3, 0.4) is 0 Å². The Morgan fingerprint density at radius 1 is 0.724 bits per heavy atom. The summed E-state index contributed by atoms with van der Waals surface area (Å²) < 4.78 is 5.18. The highest BCUT2D eigenvalue weighted by Gasteiger charge is 2.24. The Bertz CT molecular complexity index is 1020. The second-order valence-electron chi connectivity index (χ2n) is 6.35. The Kier molecular flexibility index (Phi) is 6.90. The van der Waals surface area contributed by atoms with Crippen molar-refractivity contribution in [2.75, 3.05) is 6.61 Å². The molecule has 3 aromatic carbocycles. The maximum Gasteiger partial charge on any atom is 0.342 e. The largest absolute Gasteiger partial charge is 0.462 e. The number of carbonyl (C=O) groups excluding carboxylic acids is 2. The van der Waals surface area contributed by atoms with E-state index in [2.05, 4.69) is 0 Å². The summed E-state index contributed by atoms with van der Waals surface area (Å²) in [6.45, 7) is 1.92. The number of rotatable bonds is 7. The van der Waals surface area contributed by atoms with E-state index in [9.17, 15) is 9.59 Å². The highest BCUT2D eigenvalue weighted by Crippen LogP contribution is 2.24. The SMILES string of the molecule is CCOC(=O)/C(=C\c1ccccc1)C(=O)/C(=C/c1ccccc1)c1ccccc1. The molecule has 0 aliphatic carbocycles. The van der Waals surface area contributed by atoms with Crippen LogP contribution in [0.15, 0.2) is 96.6 Å². The standard InChI is InChI=1S/C26H22O3/c1-2-29-26(28)24(19-21-14-8-4-9-15-21)25(27)23(22-16-10-5-11-17-22)18-20-12-6-3-7-13-20/h3-19H,2H2,1H3/b23-18+,24-19-. The van der Waals surface area contributed by atoms with Gasteiger partial charge < -0.3 is 4.74 Å². The number of Topliss-reactive ketones (excluding diaryl/α,β-unsaturated/α-hetero) is 1. The van der Waals surface area contributed by atoms with E-state index in [1.165, 1.54) is 0 Å². The van der Waals surface area contributed by atoms with Crippen LogP contribution in [-0.4, -0.2) is 18.4 Å². The van der Waals surface area contributed by atoms with Crippen molar-refractivity contribution < 1.29 is 14.3 Å². The fourth-order valence-corrected chi connectivity index (χ4v) is 2.90. The third-order valence-electron chi connectivity index (χ3n) is 4.29. The fourth-order valence-electron chi connectivity index (χ4n) is 2.90. The molecule has 0 bridgehead atoms. The van der Waals surface area contributed by atoms with Gasteiger partial charge >= 0.3 is 5.97 Å². The van der Waals surface area contributed by atoms with Crippen molar-refractivity contribution in [1.82, 2.24) is 0 Å². The summed E-state index contributed by atoms with van der Waals surface area (Å²) in [4.78, 5) is 26.2. The first-order valence-corrected chi connectivity index (χ1v) is 9.49. The minimum Gasteiger partial charge on any atom is -0.462 e. The molecule has 3 heteroatoms. The summed E-state index contributed by atoms with van der Waals surface area (Å²) in [7, 11) is 0. The van der Waals surface area contributed by atoms with Crippen LogP contribution in [0.4, 0.5) is 0 Å². The van der Waals surface area contributed by atoms with Crippen LogP contribution in [0.25, 0.3) is 17.7 Å². The van der Waals surface area contributed by atoms with Crippen LogP contribution in [0.2, 0.25) is 0 Å². The Morgan fingerprint density at radius 2 is 1.21 bits per heavy atom. The zero-order chi connectivity index (χ0) is 20.5. The molecule has 0 aliphatic heterocycles. The van der Waals surface area contributed by atoms with E-state index in [-0.39, 0.29) is 18.0 Å². The molecule has 0 N–H and O–H groups in total. The molecule has 3 nitrogen and oxygen atoms in total. The van der Waals surface area contributed by atoms with Crippen LogP contribution in [-0.2, 0) is 14.3 Å². The predicted octanol–water partition coefficient (Wildman–Crippen LogP) is 5.44. The number of ketones is 1. The lowest BCUT2D eigenvalue weighted by Crippen LogP contribution is -2.17. The van der Waals surface area contributed by atoms with Gasteiger partial charge in [-0.25, -0.2) is 4.79 Å². The summed E-state index contributed by atoms with van der Waals surface area (Å²) in [5, 5.41) is 0. The molecule has 0 saturated carbocycles. The molecule has 0 fully saturated rings. The second kappa shape index (κ2) is 10.00. The molecule has 144 valence electrons. The van der Waals surface area contributed by atoms with Crippen LogP contribution in [0.1, 0.15) is 23.6 Å². The fraction of sp³-hybridized carbons (Fsp3) is 0.0769. The molecule has 0 aromatic heterocycles. The van der Waals surface area contributed by atoms with Gasteiger partial charge in [0, 0.05) is 5.57 Å². The summed E-state index contributed by atoms with van der Waals surface area (Å²) in [6.07, 6.45) is 3.39. The summed E-state index contributed by atoms with van der Waals surface area (Å²) in [6, 6.07) is 28.2. The summed E-state index contributed by atoms with van der Waals surface area (Å²) in [5.74, 6) is -1.00. The first kappa shape index (κ1) is 20.0. The lowest BCUT2D eigenvalue weighted by atomic mass is 9.93. The van der Waals surface area contributed by atoms with Crippen LogP contribution in [0.5, 0.6) is 0 Å². The van der Waals surface area contributed by atoms with Gasteiger partial charge in [0.2, 0.25) is 5.78 Å². The average molecular weight is 382 g/mol. The zero-order valence-electron chi connectivity index (χ0n) is 16.2. The van der Waals surface area contributed by atoms with Crippen molar-refractivity contribution in [3.8, 4) is 0 Å². The first-order chi connectivity index (χ1) is 14.2. The Labute approximate surface area is 171 Å². The number of ether oxygens (including phenoxy) is 1. The molecule has 0 aliphatic rings. The van der Waals surface area contributed by atoms with Crippen molar-refractivity contribution in [1.29, 1.82) is 0 Å². The van der Waals surface area contributed by atoms with Crippen LogP contribution in [0, 0.1) is 0 Å². The minimum atomic E-state index is -0.628. The van der Waals surface area contributed by atoms with Gasteiger partial charge in [-0.2, -0.15) is 0 Å². The average Bonchev–Trinajstić information content (AvgIpc) is 2.77. The number of hydrogen-bond donors (Lipinski definition) is 0. The molecular formula is C26H22O3. The van der Waals surface area contributed by atoms with E-state index in [1.807, 2.05) is 91.0 Å². The van der Waals surface area contributed by atoms with Gasteiger partial charge in [0.25, 0.3) is 0 Å². The number of esters is 1. The van der Waals surface area contributed by atoms with Crippen molar-refractivity contribution in [3.05, 3.63) is 113 Å². The van der Waals surface area contributed by atoms with Crippen molar-refractivity contribution in [2.45, 2.75) is 6.92 Å². The topological polar surface area (TPSA) is 43.4 Å². The summed E-state index contributed by atoms with van der Waals surface area (Å²) in [5.41, 5.74) is 2.82. The maximum atomic E-state index is 13.5. The Hall–Kier alpha value is -3.72. The van der Waals surface area contributed by atoms with Gasteiger partial charge in [-0.05, 0) is 35.8 Å². The van der Waals surface area contributed by atoms with Crippen LogP contribution >= 0.6 is 0 Å². The third kappa shape index (κ3) is 5.39. The molecule has 0 heterocycles. The molecule has 3 aromatic rings. The highest BCUT2D eigenvalue weighted by molar-refractivity contribution is 6.41. The Morgan fingerprint density at radius 3 is 1.72 bits per heavy atom. The van der Waals surface area contributed by atoms with E-state index in [4.69, 9.17) is 4.74 Å². The van der Waals surface area contributed by atoms with Crippen molar-refractivity contribution in [3.63, 3.8) is 0 Å². The number of allylic oxidation sites excluding steroid dienone is 1. The van der Waals surface area contributed by atoms with E-state index < -0.39 is 5.97 Å². The lowest BCUT2D eigenvalue weighted by Gasteiger charge is -2.11. The van der Waals surface area contributed by atoms with Crippen LogP contribution < -0.4 is 0 Å². The van der Waals surface area contributed by atoms with Gasteiger partial charge in [0.15, 0.2) is 0 Å². The van der Waals surface area contributed by atoms with E-state index in [1.54, 1.807) is 19.1 Å². The minimum absolute atomic E-state index is 0.00378. The molecule has 0 amide bonds. The number of hydrogen-bond acceptors (Lipinski definition) is 3. The van der Waals surface area contributed by atoms with Crippen molar-refractivity contribution in [2.24, 2.45) is 0 Å². The monoisotopic (exact) mass is 382 g/mol. The van der Waals surface area contributed by atoms with Gasteiger partial charge in [0.1, 0.15) is 5.57 Å². The van der Waals surface area contributed by atoms with Gasteiger partial charge in [-0.1, -0.05) is 91.0 Å². The van der Waals surface area contributed by atoms with Gasteiger partial charge in [-0.15, -0.1) is 0 Å². The highest BCUT2D eigenvalue weighted by atomic mass is 16.5. The normalized spacial score (nSPS) is 11.8. The first-order valence-electron chi connectivity index (χ1n) is 9.49. The number of carbonyl (C=O) groups is 2. The third-order valence-corrected chi connectivity index (χ3v) is 4.29. The predicted molar refractivity (Wildman–Crippen MR) is 117 cm³/mol. The zero-order valence-corrected chi connectivity index (χ0v) is 16.2. The Balaban J connectivity index is 2.11. The van der Waals surface area contributed by atoms with Crippen molar-refractivity contribution >= 4 is 29.5 Å². The molecule has 0 radical (unpaired) electrons. The maximum absolute atomic E-state index is 13.5. The molecule has 0 saturated heterocycles. The van der Waals surface area contributed by atoms with Gasteiger partial charge in [-0.3, -0.25) is 4.79 Å². The molecule has 0 atom stereocenters. The lowest BCUT2D eigenvalue weighted by molar-refractivity contribution is -0.139. The van der Waals surface area contributed by atoms with Gasteiger partial charge in [0.05, 0.1) is 6.61 Å². The second-order valence-corrected chi connectivity index (χ2v) is 6.35. The van der Waals surface area contributed by atoms with E-state index >= 15 is 0 Å². The number of benzene rings is 3. The van der Waals surface area contributed by atoms with E-state index in [0.29, 0.717) is 5.57 Å². The smallest absolute Gasteiger partial charge is 0.342 e. The molecule has 0 unspecified atom stereocenters. The molecular weight excluding hydrogens is 360 g/mol. The molecule has 3 rings (SSSR count).